The molecule has 2 rings (SSSR count). The fourth-order valence-corrected chi connectivity index (χ4v) is 2.91. The first-order valence-corrected chi connectivity index (χ1v) is 9.55. The van der Waals surface area contributed by atoms with E-state index in [2.05, 4.69) is 40.7 Å². The van der Waals surface area contributed by atoms with E-state index in [4.69, 9.17) is 5.14 Å². The first-order valence-electron chi connectivity index (χ1n) is 8.00. The van der Waals surface area contributed by atoms with Gasteiger partial charge < -0.3 is 10.6 Å². The zero-order valence-corrected chi connectivity index (χ0v) is 18.0. The summed E-state index contributed by atoms with van der Waals surface area (Å²) in [5.41, 5.74) is 3.45. The van der Waals surface area contributed by atoms with Gasteiger partial charge in [-0.3, -0.25) is 4.99 Å². The molecule has 0 fully saturated rings. The lowest BCUT2D eigenvalue weighted by Crippen LogP contribution is -2.37. The average Bonchev–Trinajstić information content (AvgIpc) is 2.57. The lowest BCUT2D eigenvalue weighted by atomic mass is 10.1. The summed E-state index contributed by atoms with van der Waals surface area (Å²) in [4.78, 5) is 4.33. The van der Waals surface area contributed by atoms with Crippen molar-refractivity contribution in [3.63, 3.8) is 0 Å². The van der Waals surface area contributed by atoms with Crippen LogP contribution >= 0.6 is 24.0 Å². The highest BCUT2D eigenvalue weighted by Gasteiger charge is 2.06. The van der Waals surface area contributed by atoms with Gasteiger partial charge in [0.05, 0.1) is 4.90 Å². The molecule has 0 heterocycles. The molecule has 0 unspecified atom stereocenters. The van der Waals surface area contributed by atoms with Gasteiger partial charge in [0.25, 0.3) is 0 Å². The molecule has 0 saturated carbocycles. The molecule has 0 atom stereocenters. The summed E-state index contributed by atoms with van der Waals surface area (Å²) in [5.74, 6) is 0.725. The SMILES string of the molecule is CN=C(NCCc1ccc(S(N)(=O)=O)cc1)NCc1cccc(C)c1.I. The molecular formula is C18H25IN4O2S. The van der Waals surface area contributed by atoms with Gasteiger partial charge in [0.15, 0.2) is 5.96 Å². The summed E-state index contributed by atoms with van der Waals surface area (Å²) in [6.45, 7) is 3.45. The van der Waals surface area contributed by atoms with Gasteiger partial charge in [-0.1, -0.05) is 42.0 Å². The van der Waals surface area contributed by atoms with Crippen LogP contribution in [0.4, 0.5) is 0 Å². The monoisotopic (exact) mass is 488 g/mol. The molecule has 2 aromatic rings. The first kappa shape index (κ1) is 22.4. The highest BCUT2D eigenvalue weighted by atomic mass is 127. The van der Waals surface area contributed by atoms with Crippen molar-refractivity contribution in [2.75, 3.05) is 13.6 Å². The number of benzene rings is 2. The van der Waals surface area contributed by atoms with E-state index in [0.717, 1.165) is 17.9 Å². The number of nitrogens with zero attached hydrogens (tertiary/aromatic N) is 1. The van der Waals surface area contributed by atoms with Crippen molar-refractivity contribution in [2.45, 2.75) is 24.8 Å². The molecule has 0 aromatic heterocycles. The van der Waals surface area contributed by atoms with E-state index in [1.54, 1.807) is 19.2 Å². The van der Waals surface area contributed by atoms with Crippen LogP contribution in [0.2, 0.25) is 0 Å². The van der Waals surface area contributed by atoms with Crippen LogP contribution in [-0.2, 0) is 23.0 Å². The second kappa shape index (κ2) is 10.5. The summed E-state index contributed by atoms with van der Waals surface area (Å²) >= 11 is 0. The van der Waals surface area contributed by atoms with Crippen molar-refractivity contribution in [2.24, 2.45) is 10.1 Å². The molecule has 0 bridgehead atoms. The second-order valence-corrected chi connectivity index (χ2v) is 7.34. The molecule has 2 aromatic carbocycles. The van der Waals surface area contributed by atoms with Crippen LogP contribution < -0.4 is 15.8 Å². The van der Waals surface area contributed by atoms with Gasteiger partial charge in [-0.15, -0.1) is 24.0 Å². The maximum atomic E-state index is 11.2. The van der Waals surface area contributed by atoms with Crippen molar-refractivity contribution < 1.29 is 8.42 Å². The highest BCUT2D eigenvalue weighted by molar-refractivity contribution is 14.0. The molecule has 0 aliphatic carbocycles. The number of aryl methyl sites for hydroxylation is 1. The summed E-state index contributed by atoms with van der Waals surface area (Å²) in [5, 5.41) is 11.6. The van der Waals surface area contributed by atoms with Gasteiger partial charge in [0.2, 0.25) is 10.0 Å². The number of guanidine groups is 1. The Kier molecular flexibility index (Phi) is 9.03. The summed E-state index contributed by atoms with van der Waals surface area (Å²) in [7, 11) is -1.91. The smallest absolute Gasteiger partial charge is 0.238 e. The van der Waals surface area contributed by atoms with E-state index in [-0.39, 0.29) is 28.9 Å². The minimum atomic E-state index is -3.64. The Morgan fingerprint density at radius 1 is 1.08 bits per heavy atom. The molecular weight excluding hydrogens is 463 g/mol. The predicted octanol–water partition coefficient (Wildman–Crippen LogP) is 2.17. The molecule has 8 heteroatoms. The van der Waals surface area contributed by atoms with Crippen LogP contribution in [0.5, 0.6) is 0 Å². The molecule has 6 nitrogen and oxygen atoms in total. The van der Waals surface area contributed by atoms with Crippen LogP contribution in [0.3, 0.4) is 0 Å². The Hall–Kier alpha value is -1.65. The fraction of sp³-hybridized carbons (Fsp3) is 0.278. The van der Waals surface area contributed by atoms with E-state index in [1.165, 1.54) is 23.3 Å². The Morgan fingerprint density at radius 3 is 2.35 bits per heavy atom. The lowest BCUT2D eigenvalue weighted by Gasteiger charge is -2.12. The van der Waals surface area contributed by atoms with E-state index in [1.807, 2.05) is 6.07 Å². The second-order valence-electron chi connectivity index (χ2n) is 5.78. The number of nitrogens with two attached hydrogens (primary N) is 1. The Balaban J connectivity index is 0.00000338. The van der Waals surface area contributed by atoms with Crippen molar-refractivity contribution >= 4 is 40.0 Å². The predicted molar refractivity (Wildman–Crippen MR) is 116 cm³/mol. The first-order chi connectivity index (χ1) is 11.9. The van der Waals surface area contributed by atoms with Crippen LogP contribution in [0.1, 0.15) is 16.7 Å². The number of hydrogen-bond donors (Lipinski definition) is 3. The Labute approximate surface area is 172 Å². The Bertz CT molecular complexity index is 837. The van der Waals surface area contributed by atoms with Gasteiger partial charge in [0.1, 0.15) is 0 Å². The summed E-state index contributed by atoms with van der Waals surface area (Å²) < 4.78 is 22.5. The van der Waals surface area contributed by atoms with Crippen molar-refractivity contribution in [3.05, 3.63) is 65.2 Å². The standard InChI is InChI=1S/C18H24N4O2S.HI/c1-14-4-3-5-16(12-14)13-22-18(20-2)21-11-10-15-6-8-17(9-7-15)25(19,23)24;/h3-9,12H,10-11,13H2,1-2H3,(H2,19,23,24)(H2,20,21,22);1H. The van der Waals surface area contributed by atoms with Crippen LogP contribution in [-0.4, -0.2) is 28.0 Å². The molecule has 26 heavy (non-hydrogen) atoms. The number of aliphatic imine (C=N–C) groups is 1. The molecule has 0 aliphatic rings. The van der Waals surface area contributed by atoms with E-state index in [0.29, 0.717) is 13.1 Å². The zero-order valence-electron chi connectivity index (χ0n) is 14.9. The van der Waals surface area contributed by atoms with Gasteiger partial charge >= 0.3 is 0 Å². The summed E-state index contributed by atoms with van der Waals surface area (Å²) in [6, 6.07) is 14.9. The molecule has 0 radical (unpaired) electrons. The largest absolute Gasteiger partial charge is 0.356 e. The highest BCUT2D eigenvalue weighted by Crippen LogP contribution is 2.09. The lowest BCUT2D eigenvalue weighted by molar-refractivity contribution is 0.598. The van der Waals surface area contributed by atoms with Crippen LogP contribution in [0.25, 0.3) is 0 Å². The molecule has 142 valence electrons. The van der Waals surface area contributed by atoms with Crippen LogP contribution in [0, 0.1) is 6.92 Å². The third kappa shape index (κ3) is 7.30. The number of nitrogens with one attached hydrogen (secondary N) is 2. The third-order valence-corrected chi connectivity index (χ3v) is 4.65. The number of hydrogen-bond acceptors (Lipinski definition) is 3. The molecule has 0 spiro atoms. The van der Waals surface area contributed by atoms with Crippen molar-refractivity contribution in [3.8, 4) is 0 Å². The molecule has 0 saturated heterocycles. The van der Waals surface area contributed by atoms with E-state index < -0.39 is 10.0 Å². The summed E-state index contributed by atoms with van der Waals surface area (Å²) in [6.07, 6.45) is 0.746. The third-order valence-electron chi connectivity index (χ3n) is 3.72. The normalized spacial score (nSPS) is 11.6. The molecule has 0 aliphatic heterocycles. The fourth-order valence-electron chi connectivity index (χ4n) is 2.40. The minimum absolute atomic E-state index is 0. The quantitative estimate of drug-likeness (QED) is 0.330. The minimum Gasteiger partial charge on any atom is -0.356 e. The number of sulfonamides is 1. The van der Waals surface area contributed by atoms with E-state index in [9.17, 15) is 8.42 Å². The molecule has 0 amide bonds. The maximum absolute atomic E-state index is 11.2. The van der Waals surface area contributed by atoms with Gasteiger partial charge in [-0.25, -0.2) is 13.6 Å². The zero-order chi connectivity index (χ0) is 18.3. The van der Waals surface area contributed by atoms with E-state index >= 15 is 0 Å². The Morgan fingerprint density at radius 2 is 1.77 bits per heavy atom. The van der Waals surface area contributed by atoms with Gasteiger partial charge in [0, 0.05) is 20.1 Å². The van der Waals surface area contributed by atoms with Crippen molar-refractivity contribution in [1.29, 1.82) is 0 Å². The van der Waals surface area contributed by atoms with Crippen LogP contribution in [0.15, 0.2) is 58.4 Å². The molecule has 4 N–H and O–H groups in total. The maximum Gasteiger partial charge on any atom is 0.238 e. The average molecular weight is 488 g/mol. The number of halogens is 1. The topological polar surface area (TPSA) is 96.6 Å². The number of primary sulfonamides is 1. The van der Waals surface area contributed by atoms with Gasteiger partial charge in [-0.2, -0.15) is 0 Å². The number of rotatable bonds is 6. The van der Waals surface area contributed by atoms with Crippen molar-refractivity contribution in [1.82, 2.24) is 10.6 Å². The van der Waals surface area contributed by atoms with Gasteiger partial charge in [-0.05, 0) is 36.6 Å².